The molecule has 0 spiro atoms. The van der Waals surface area contributed by atoms with Gasteiger partial charge >= 0.3 is 0 Å². The summed E-state index contributed by atoms with van der Waals surface area (Å²) in [7, 11) is 0. The molecule has 4 N–H and O–H groups in total. The smallest absolute Gasteiger partial charge is 0.251 e. The Bertz CT molecular complexity index is 517. The van der Waals surface area contributed by atoms with Crippen molar-refractivity contribution in [2.45, 2.75) is 58.4 Å². The second-order valence-electron chi connectivity index (χ2n) is 7.07. The number of hydrogen-bond donors (Lipinski definition) is 3. The van der Waals surface area contributed by atoms with Crippen LogP contribution < -0.4 is 16.6 Å². The van der Waals surface area contributed by atoms with Crippen molar-refractivity contribution in [3.05, 3.63) is 23.4 Å². The highest BCUT2D eigenvalue weighted by atomic mass is 16.1. The van der Waals surface area contributed by atoms with E-state index in [0.29, 0.717) is 11.4 Å². The van der Waals surface area contributed by atoms with Gasteiger partial charge in [-0.15, -0.1) is 0 Å². The van der Waals surface area contributed by atoms with E-state index in [2.05, 4.69) is 43.4 Å². The van der Waals surface area contributed by atoms with Gasteiger partial charge in [0.1, 0.15) is 5.82 Å². The van der Waals surface area contributed by atoms with Gasteiger partial charge in [0.25, 0.3) is 5.91 Å². The van der Waals surface area contributed by atoms with Crippen LogP contribution in [0.1, 0.15) is 63.0 Å². The molecule has 1 aliphatic rings. The van der Waals surface area contributed by atoms with E-state index in [1.54, 1.807) is 6.07 Å². The van der Waals surface area contributed by atoms with Crippen molar-refractivity contribution in [3.8, 4) is 0 Å². The Morgan fingerprint density at radius 1 is 1.43 bits per heavy atom. The molecule has 1 aromatic rings. The second kappa shape index (κ2) is 6.02. The van der Waals surface area contributed by atoms with Crippen molar-refractivity contribution in [2.75, 3.05) is 5.43 Å². The zero-order chi connectivity index (χ0) is 15.6. The average Bonchev–Trinajstić information content (AvgIpc) is 3.20. The molecule has 5 heteroatoms. The van der Waals surface area contributed by atoms with E-state index in [4.69, 9.17) is 5.84 Å². The van der Waals surface area contributed by atoms with E-state index < -0.39 is 0 Å². The van der Waals surface area contributed by atoms with Crippen LogP contribution in [0.15, 0.2) is 12.1 Å². The number of amides is 1. The quantitative estimate of drug-likeness (QED) is 0.575. The highest BCUT2D eigenvalue weighted by molar-refractivity contribution is 5.95. The summed E-state index contributed by atoms with van der Waals surface area (Å²) in [6.07, 6.45) is 3.65. The lowest BCUT2D eigenvalue weighted by Gasteiger charge is -2.20. The monoisotopic (exact) mass is 290 g/mol. The number of rotatable bonds is 5. The summed E-state index contributed by atoms with van der Waals surface area (Å²) in [5.74, 6) is 6.71. The Labute approximate surface area is 126 Å². The lowest BCUT2D eigenvalue weighted by molar-refractivity contribution is 0.0937. The molecule has 1 saturated carbocycles. The predicted molar refractivity (Wildman–Crippen MR) is 85.0 cm³/mol. The number of nitrogens with zero attached hydrogens (tertiary/aromatic N) is 1. The number of aromatic nitrogens is 1. The molecule has 1 atom stereocenters. The van der Waals surface area contributed by atoms with Crippen LogP contribution in [0.3, 0.4) is 0 Å². The number of anilines is 1. The van der Waals surface area contributed by atoms with Crippen LogP contribution in [0, 0.1) is 5.92 Å². The summed E-state index contributed by atoms with van der Waals surface area (Å²) in [5.41, 5.74) is 3.85. The molecule has 1 fully saturated rings. The molecule has 1 aromatic heterocycles. The molecule has 0 radical (unpaired) electrons. The molecule has 0 saturated heterocycles. The Balaban J connectivity index is 2.14. The maximum atomic E-state index is 12.4. The summed E-state index contributed by atoms with van der Waals surface area (Å²) in [6, 6.07) is 3.74. The normalized spacial score (nSPS) is 16.4. The Kier molecular flexibility index (Phi) is 4.52. The standard InChI is InChI=1S/C16H26N4O/c1-10(7-11-5-6-11)18-15(21)12-8-13(16(2,3)4)19-14(9-12)20-17/h8-11H,5-7,17H2,1-4H3,(H,18,21)(H,19,20). The molecule has 1 unspecified atom stereocenters. The first kappa shape index (κ1) is 15.8. The Morgan fingerprint density at radius 3 is 2.62 bits per heavy atom. The molecule has 116 valence electrons. The van der Waals surface area contributed by atoms with E-state index in [0.717, 1.165) is 18.0 Å². The lowest BCUT2D eigenvalue weighted by atomic mass is 9.90. The molecule has 2 rings (SSSR count). The zero-order valence-corrected chi connectivity index (χ0v) is 13.4. The third-order valence-electron chi connectivity index (χ3n) is 3.77. The maximum absolute atomic E-state index is 12.4. The molecule has 0 aliphatic heterocycles. The van der Waals surface area contributed by atoms with Crippen molar-refractivity contribution < 1.29 is 4.79 Å². The van der Waals surface area contributed by atoms with Gasteiger partial charge in [-0.1, -0.05) is 33.6 Å². The first-order valence-corrected chi connectivity index (χ1v) is 7.59. The minimum atomic E-state index is -0.137. The fraction of sp³-hybridized carbons (Fsp3) is 0.625. The predicted octanol–water partition coefficient (Wildman–Crippen LogP) is 2.58. The van der Waals surface area contributed by atoms with Gasteiger partial charge in [-0.2, -0.15) is 0 Å². The molecule has 0 aromatic carbocycles. The summed E-state index contributed by atoms with van der Waals surface area (Å²) >= 11 is 0. The average molecular weight is 290 g/mol. The summed E-state index contributed by atoms with van der Waals surface area (Å²) < 4.78 is 0. The summed E-state index contributed by atoms with van der Waals surface area (Å²) in [4.78, 5) is 16.8. The van der Waals surface area contributed by atoms with Gasteiger partial charge < -0.3 is 10.7 Å². The highest BCUT2D eigenvalue weighted by Gasteiger charge is 2.25. The maximum Gasteiger partial charge on any atom is 0.251 e. The van der Waals surface area contributed by atoms with E-state index in [9.17, 15) is 4.79 Å². The van der Waals surface area contributed by atoms with Crippen molar-refractivity contribution >= 4 is 11.7 Å². The molecule has 1 amide bonds. The van der Waals surface area contributed by atoms with Crippen LogP contribution in [0.4, 0.5) is 5.82 Å². The van der Waals surface area contributed by atoms with E-state index in [1.807, 2.05) is 6.07 Å². The number of nitrogen functional groups attached to an aromatic ring is 1. The minimum Gasteiger partial charge on any atom is -0.350 e. The lowest BCUT2D eigenvalue weighted by Crippen LogP contribution is -2.33. The number of hydrazine groups is 1. The Hall–Kier alpha value is -1.62. The van der Waals surface area contributed by atoms with Crippen LogP contribution in [-0.2, 0) is 5.41 Å². The number of carbonyl (C=O) groups is 1. The van der Waals surface area contributed by atoms with Gasteiger partial charge in [0.15, 0.2) is 0 Å². The van der Waals surface area contributed by atoms with Crippen molar-refractivity contribution in [2.24, 2.45) is 11.8 Å². The molecule has 5 nitrogen and oxygen atoms in total. The van der Waals surface area contributed by atoms with Gasteiger partial charge in [0, 0.05) is 22.7 Å². The van der Waals surface area contributed by atoms with Crippen molar-refractivity contribution in [1.29, 1.82) is 0 Å². The largest absolute Gasteiger partial charge is 0.350 e. The third-order valence-corrected chi connectivity index (χ3v) is 3.77. The molecular weight excluding hydrogens is 264 g/mol. The van der Waals surface area contributed by atoms with Crippen molar-refractivity contribution in [1.82, 2.24) is 10.3 Å². The van der Waals surface area contributed by atoms with Crippen LogP contribution in [0.25, 0.3) is 0 Å². The minimum absolute atomic E-state index is 0.0625. The van der Waals surface area contributed by atoms with Gasteiger partial charge in [0.05, 0.1) is 0 Å². The SMILES string of the molecule is CC(CC1CC1)NC(=O)c1cc(NN)nc(C(C)(C)C)c1. The first-order chi connectivity index (χ1) is 9.79. The number of pyridine rings is 1. The van der Waals surface area contributed by atoms with Crippen LogP contribution in [0.2, 0.25) is 0 Å². The molecule has 0 bridgehead atoms. The van der Waals surface area contributed by atoms with E-state index in [-0.39, 0.29) is 17.4 Å². The summed E-state index contributed by atoms with van der Waals surface area (Å²) in [6.45, 7) is 8.25. The molecular formula is C16H26N4O. The van der Waals surface area contributed by atoms with Gasteiger partial charge in [-0.25, -0.2) is 10.8 Å². The van der Waals surface area contributed by atoms with Crippen molar-refractivity contribution in [3.63, 3.8) is 0 Å². The Morgan fingerprint density at radius 2 is 2.10 bits per heavy atom. The van der Waals surface area contributed by atoms with E-state index >= 15 is 0 Å². The van der Waals surface area contributed by atoms with Crippen LogP contribution in [0.5, 0.6) is 0 Å². The molecule has 1 heterocycles. The van der Waals surface area contributed by atoms with Crippen LogP contribution >= 0.6 is 0 Å². The van der Waals surface area contributed by atoms with E-state index in [1.165, 1.54) is 12.8 Å². The molecule has 21 heavy (non-hydrogen) atoms. The summed E-state index contributed by atoms with van der Waals surface area (Å²) in [5, 5.41) is 3.06. The number of nitrogens with one attached hydrogen (secondary N) is 2. The first-order valence-electron chi connectivity index (χ1n) is 7.59. The number of hydrogen-bond acceptors (Lipinski definition) is 4. The second-order valence-corrected chi connectivity index (χ2v) is 7.07. The van der Waals surface area contributed by atoms with Gasteiger partial charge in [0.2, 0.25) is 0 Å². The van der Waals surface area contributed by atoms with Gasteiger partial charge in [-0.05, 0) is 31.4 Å². The fourth-order valence-electron chi connectivity index (χ4n) is 2.34. The van der Waals surface area contributed by atoms with Gasteiger partial charge in [-0.3, -0.25) is 4.79 Å². The highest BCUT2D eigenvalue weighted by Crippen LogP contribution is 2.33. The number of carbonyl (C=O) groups excluding carboxylic acids is 1. The zero-order valence-electron chi connectivity index (χ0n) is 13.4. The third kappa shape index (κ3) is 4.43. The topological polar surface area (TPSA) is 80.0 Å². The number of nitrogens with two attached hydrogens (primary N) is 1. The van der Waals surface area contributed by atoms with Crippen LogP contribution in [-0.4, -0.2) is 16.9 Å². The fourth-order valence-corrected chi connectivity index (χ4v) is 2.34. The molecule has 1 aliphatic carbocycles.